The third-order valence-corrected chi connectivity index (χ3v) is 3.14. The monoisotopic (exact) mass is 270 g/mol. The zero-order valence-corrected chi connectivity index (χ0v) is 11.5. The van der Waals surface area contributed by atoms with E-state index in [9.17, 15) is 0 Å². The van der Waals surface area contributed by atoms with Gasteiger partial charge in [0.2, 0.25) is 0 Å². The van der Waals surface area contributed by atoms with Crippen LogP contribution < -0.4 is 4.90 Å². The molecule has 0 saturated heterocycles. The molecule has 1 aromatic rings. The van der Waals surface area contributed by atoms with E-state index >= 15 is 0 Å². The smallest absolute Gasteiger partial charge is 0.128 e. The van der Waals surface area contributed by atoms with E-state index in [4.69, 9.17) is 0 Å². The number of nitrogens with zero attached hydrogens (tertiary/aromatic N) is 2. The van der Waals surface area contributed by atoms with E-state index in [0.29, 0.717) is 5.92 Å². The zero-order valence-electron chi connectivity index (χ0n) is 9.92. The molecule has 0 aliphatic carbocycles. The van der Waals surface area contributed by atoms with Gasteiger partial charge in [0, 0.05) is 17.6 Å². The Kier molecular flexibility index (Phi) is 4.58. The summed E-state index contributed by atoms with van der Waals surface area (Å²) < 4.78 is 1.08. The number of pyridine rings is 1. The Labute approximate surface area is 101 Å². The van der Waals surface area contributed by atoms with Crippen molar-refractivity contribution in [3.05, 3.63) is 22.3 Å². The summed E-state index contributed by atoms with van der Waals surface area (Å²) in [5, 5.41) is 0. The lowest BCUT2D eigenvalue weighted by molar-refractivity contribution is 0.614. The lowest BCUT2D eigenvalue weighted by Gasteiger charge is -2.24. The van der Waals surface area contributed by atoms with Gasteiger partial charge in [0.15, 0.2) is 0 Å². The molecule has 1 heterocycles. The van der Waals surface area contributed by atoms with Gasteiger partial charge in [-0.15, -0.1) is 0 Å². The summed E-state index contributed by atoms with van der Waals surface area (Å²) in [5.41, 5.74) is 1.05. The number of halogens is 1. The molecule has 0 N–H and O–H groups in total. The molecule has 0 amide bonds. The first-order chi connectivity index (χ1) is 7.04. The Morgan fingerprint density at radius 3 is 2.53 bits per heavy atom. The average Bonchev–Trinajstić information content (AvgIpc) is 2.18. The Balaban J connectivity index is 2.87. The minimum Gasteiger partial charge on any atom is -0.357 e. The Morgan fingerprint density at radius 2 is 2.07 bits per heavy atom. The van der Waals surface area contributed by atoms with Gasteiger partial charge in [0.1, 0.15) is 5.82 Å². The van der Waals surface area contributed by atoms with Gasteiger partial charge in [-0.3, -0.25) is 0 Å². The summed E-state index contributed by atoms with van der Waals surface area (Å²) in [6.07, 6.45) is 0. The molecule has 0 spiro atoms. The number of aromatic nitrogens is 1. The van der Waals surface area contributed by atoms with Crippen LogP contribution in [0, 0.1) is 12.8 Å². The second-order valence-corrected chi connectivity index (χ2v) is 5.02. The van der Waals surface area contributed by atoms with Gasteiger partial charge in [-0.1, -0.05) is 13.8 Å². The van der Waals surface area contributed by atoms with Crippen LogP contribution in [0.25, 0.3) is 0 Å². The first-order valence-electron chi connectivity index (χ1n) is 5.42. The molecular weight excluding hydrogens is 252 g/mol. The SMILES string of the molecule is CCN(CC(C)C)c1ccc(Br)c(C)n1. The summed E-state index contributed by atoms with van der Waals surface area (Å²) in [6.45, 7) is 10.7. The molecule has 0 aliphatic heterocycles. The van der Waals surface area contributed by atoms with Crippen LogP contribution >= 0.6 is 15.9 Å². The molecule has 1 rings (SSSR count). The molecule has 0 unspecified atom stereocenters. The Bertz CT molecular complexity index is 323. The van der Waals surface area contributed by atoms with Crippen molar-refractivity contribution in [2.75, 3.05) is 18.0 Å². The second kappa shape index (κ2) is 5.50. The largest absolute Gasteiger partial charge is 0.357 e. The van der Waals surface area contributed by atoms with Crippen molar-refractivity contribution < 1.29 is 0 Å². The molecule has 0 atom stereocenters. The van der Waals surface area contributed by atoms with Crippen molar-refractivity contribution in [2.45, 2.75) is 27.7 Å². The van der Waals surface area contributed by atoms with Gasteiger partial charge < -0.3 is 4.90 Å². The summed E-state index contributed by atoms with van der Waals surface area (Å²) in [6, 6.07) is 4.14. The third kappa shape index (κ3) is 3.49. The highest BCUT2D eigenvalue weighted by molar-refractivity contribution is 9.10. The molecule has 1 aromatic heterocycles. The highest BCUT2D eigenvalue weighted by atomic mass is 79.9. The van der Waals surface area contributed by atoms with Gasteiger partial charge in [-0.05, 0) is 47.8 Å². The number of aryl methyl sites for hydroxylation is 1. The standard InChI is InChI=1S/C12H19BrN2/c1-5-15(8-9(2)3)12-7-6-11(13)10(4)14-12/h6-7,9H,5,8H2,1-4H3. The first kappa shape index (κ1) is 12.5. The predicted molar refractivity (Wildman–Crippen MR) is 69.4 cm³/mol. The molecule has 3 heteroatoms. The topological polar surface area (TPSA) is 16.1 Å². The number of anilines is 1. The second-order valence-electron chi connectivity index (χ2n) is 4.17. The molecule has 0 saturated carbocycles. The lowest BCUT2D eigenvalue weighted by Crippen LogP contribution is -2.28. The van der Waals surface area contributed by atoms with Crippen LogP contribution in [0.4, 0.5) is 5.82 Å². The van der Waals surface area contributed by atoms with Crippen LogP contribution in [0.1, 0.15) is 26.5 Å². The van der Waals surface area contributed by atoms with Crippen LogP contribution in [0.3, 0.4) is 0 Å². The summed E-state index contributed by atoms with van der Waals surface area (Å²) in [7, 11) is 0. The van der Waals surface area contributed by atoms with Gasteiger partial charge >= 0.3 is 0 Å². The number of hydrogen-bond donors (Lipinski definition) is 0. The summed E-state index contributed by atoms with van der Waals surface area (Å²) in [5.74, 6) is 1.74. The maximum atomic E-state index is 4.58. The maximum absolute atomic E-state index is 4.58. The van der Waals surface area contributed by atoms with Crippen molar-refractivity contribution in [3.8, 4) is 0 Å². The van der Waals surface area contributed by atoms with Crippen LogP contribution in [0.15, 0.2) is 16.6 Å². The van der Waals surface area contributed by atoms with Gasteiger partial charge in [0.25, 0.3) is 0 Å². The minimum atomic E-state index is 0.663. The third-order valence-electron chi connectivity index (χ3n) is 2.30. The van der Waals surface area contributed by atoms with Crippen molar-refractivity contribution in [3.63, 3.8) is 0 Å². The Hall–Kier alpha value is -0.570. The molecular formula is C12H19BrN2. The summed E-state index contributed by atoms with van der Waals surface area (Å²) in [4.78, 5) is 6.89. The van der Waals surface area contributed by atoms with Gasteiger partial charge in [-0.2, -0.15) is 0 Å². The first-order valence-corrected chi connectivity index (χ1v) is 6.22. The zero-order chi connectivity index (χ0) is 11.4. The highest BCUT2D eigenvalue weighted by Gasteiger charge is 2.08. The van der Waals surface area contributed by atoms with Crippen LogP contribution in [-0.4, -0.2) is 18.1 Å². The highest BCUT2D eigenvalue weighted by Crippen LogP contribution is 2.19. The molecule has 0 bridgehead atoms. The van der Waals surface area contributed by atoms with Gasteiger partial charge in [-0.25, -0.2) is 4.98 Å². The number of rotatable bonds is 4. The maximum Gasteiger partial charge on any atom is 0.128 e. The normalized spacial score (nSPS) is 10.8. The van der Waals surface area contributed by atoms with Gasteiger partial charge in [0.05, 0.1) is 5.69 Å². The molecule has 2 nitrogen and oxygen atoms in total. The van der Waals surface area contributed by atoms with Crippen molar-refractivity contribution in [1.82, 2.24) is 4.98 Å². The lowest BCUT2D eigenvalue weighted by atomic mass is 10.2. The molecule has 0 fully saturated rings. The molecule has 0 aromatic carbocycles. The molecule has 0 radical (unpaired) electrons. The van der Waals surface area contributed by atoms with E-state index in [1.807, 2.05) is 6.92 Å². The molecule has 0 aliphatic rings. The van der Waals surface area contributed by atoms with Crippen LogP contribution in [-0.2, 0) is 0 Å². The molecule has 84 valence electrons. The molecule has 15 heavy (non-hydrogen) atoms. The number of hydrogen-bond acceptors (Lipinski definition) is 2. The quantitative estimate of drug-likeness (QED) is 0.831. The predicted octanol–water partition coefficient (Wildman–Crippen LogP) is 3.63. The van der Waals surface area contributed by atoms with E-state index in [2.05, 4.69) is 58.7 Å². The average molecular weight is 271 g/mol. The fourth-order valence-corrected chi connectivity index (χ4v) is 1.75. The van der Waals surface area contributed by atoms with Crippen LogP contribution in [0.2, 0.25) is 0 Å². The minimum absolute atomic E-state index is 0.663. The fourth-order valence-electron chi connectivity index (χ4n) is 1.53. The fraction of sp³-hybridized carbons (Fsp3) is 0.583. The summed E-state index contributed by atoms with van der Waals surface area (Å²) >= 11 is 3.47. The Morgan fingerprint density at radius 1 is 1.40 bits per heavy atom. The van der Waals surface area contributed by atoms with E-state index < -0.39 is 0 Å². The van der Waals surface area contributed by atoms with E-state index in [-0.39, 0.29) is 0 Å². The van der Waals surface area contributed by atoms with Crippen molar-refractivity contribution in [2.24, 2.45) is 5.92 Å². The van der Waals surface area contributed by atoms with E-state index in [1.54, 1.807) is 0 Å². The van der Waals surface area contributed by atoms with Crippen molar-refractivity contribution in [1.29, 1.82) is 0 Å². The van der Waals surface area contributed by atoms with E-state index in [1.165, 1.54) is 0 Å². The van der Waals surface area contributed by atoms with Crippen molar-refractivity contribution >= 4 is 21.7 Å². The van der Waals surface area contributed by atoms with E-state index in [0.717, 1.165) is 29.1 Å². The van der Waals surface area contributed by atoms with Crippen LogP contribution in [0.5, 0.6) is 0 Å².